The van der Waals surface area contributed by atoms with Crippen molar-refractivity contribution in [2.75, 3.05) is 31.1 Å². The van der Waals surface area contributed by atoms with E-state index < -0.39 is 5.82 Å². The zero-order valence-electron chi connectivity index (χ0n) is 26.3. The van der Waals surface area contributed by atoms with Crippen molar-refractivity contribution < 1.29 is 18.7 Å². The monoisotopic (exact) mass is 604 g/mol. The maximum atomic E-state index is 14.3. The van der Waals surface area contributed by atoms with Crippen LogP contribution in [0.1, 0.15) is 76.6 Å². The SMILES string of the molecule is CC(C)N(C(=O)c1cc(F)ccc1Oc1cncnc1N1CC2(CN(C(=O)[C@H]3N[C@H]4CC[C@@H]3C[C@H]4CC3CC3)C2)C1)C(C)C. The molecule has 6 aliphatic rings. The van der Waals surface area contributed by atoms with Crippen molar-refractivity contribution in [1.29, 1.82) is 0 Å². The lowest BCUT2D eigenvalue weighted by atomic mass is 9.67. The standard InChI is InChI=1S/C34H45FN6O3/c1-20(2)41(21(3)4)32(42)26-13-25(35)8-10-28(26)44-29-14-36-19-37-31(29)39-15-34(16-39)17-40(18-34)33(43)30-23-7-9-27(38-30)24(12-23)11-22-5-6-22/h8,10,13-14,19-24,27,30,38H,5-7,9,11-12,15-18H2,1-4H3/t23-,24-,27+,30+/m1/s1. The maximum absolute atomic E-state index is 14.3. The van der Waals surface area contributed by atoms with E-state index >= 15 is 0 Å². The molecule has 44 heavy (non-hydrogen) atoms. The van der Waals surface area contributed by atoms with Gasteiger partial charge in [0.25, 0.3) is 5.91 Å². The van der Waals surface area contributed by atoms with Gasteiger partial charge in [0.1, 0.15) is 17.9 Å². The molecule has 10 heteroatoms. The molecule has 1 aromatic heterocycles. The molecule has 2 saturated carbocycles. The molecular weight excluding hydrogens is 559 g/mol. The van der Waals surface area contributed by atoms with E-state index in [2.05, 4.69) is 25.1 Å². The van der Waals surface area contributed by atoms with Crippen LogP contribution in [0.25, 0.3) is 0 Å². The summed E-state index contributed by atoms with van der Waals surface area (Å²) >= 11 is 0. The second-order valence-electron chi connectivity index (χ2n) is 14.7. The zero-order chi connectivity index (χ0) is 30.7. The third-order valence-corrected chi connectivity index (χ3v) is 10.6. The molecule has 0 radical (unpaired) electrons. The van der Waals surface area contributed by atoms with Crippen molar-refractivity contribution >= 4 is 17.6 Å². The molecule has 2 aliphatic carbocycles. The number of amides is 2. The summed E-state index contributed by atoms with van der Waals surface area (Å²) in [5, 5.41) is 3.76. The molecular formula is C34H45FN6O3. The molecule has 1 N–H and O–H groups in total. The second-order valence-corrected chi connectivity index (χ2v) is 14.7. The van der Waals surface area contributed by atoms with Gasteiger partial charge < -0.3 is 24.8 Å². The lowest BCUT2D eigenvalue weighted by Gasteiger charge is -2.61. The smallest absolute Gasteiger partial charge is 0.258 e. The Bertz CT molecular complexity index is 1410. The summed E-state index contributed by atoms with van der Waals surface area (Å²) in [6.07, 6.45) is 10.8. The van der Waals surface area contributed by atoms with Crippen LogP contribution in [-0.4, -0.2) is 81.9 Å². The first-order valence-corrected chi connectivity index (χ1v) is 16.5. The predicted molar refractivity (Wildman–Crippen MR) is 165 cm³/mol. The molecule has 9 nitrogen and oxygen atoms in total. The minimum atomic E-state index is -0.499. The highest BCUT2D eigenvalue weighted by Crippen LogP contribution is 2.48. The van der Waals surface area contributed by atoms with E-state index in [4.69, 9.17) is 4.74 Å². The number of anilines is 1. The summed E-state index contributed by atoms with van der Waals surface area (Å²) in [5.74, 6) is 2.98. The van der Waals surface area contributed by atoms with Gasteiger partial charge in [-0.1, -0.05) is 12.8 Å². The normalized spacial score (nSPS) is 27.0. The number of fused-ring (bicyclic) bond motifs is 3. The van der Waals surface area contributed by atoms with E-state index in [-0.39, 0.29) is 46.7 Å². The van der Waals surface area contributed by atoms with Gasteiger partial charge >= 0.3 is 0 Å². The first-order valence-electron chi connectivity index (χ1n) is 16.5. The predicted octanol–water partition coefficient (Wildman–Crippen LogP) is 4.87. The summed E-state index contributed by atoms with van der Waals surface area (Å²) in [6, 6.07) is 4.39. The van der Waals surface area contributed by atoms with Crippen molar-refractivity contribution in [3.8, 4) is 11.5 Å². The number of hydrogen-bond acceptors (Lipinski definition) is 7. The number of piperidine rings is 2. The van der Waals surface area contributed by atoms with Crippen molar-refractivity contribution in [2.24, 2.45) is 23.2 Å². The van der Waals surface area contributed by atoms with Crippen molar-refractivity contribution in [3.05, 3.63) is 42.1 Å². The Morgan fingerprint density at radius 3 is 2.48 bits per heavy atom. The van der Waals surface area contributed by atoms with Crippen LogP contribution in [0.2, 0.25) is 0 Å². The van der Waals surface area contributed by atoms with Crippen LogP contribution in [0.3, 0.4) is 0 Å². The first-order chi connectivity index (χ1) is 21.1. The minimum Gasteiger partial charge on any atom is -0.451 e. The van der Waals surface area contributed by atoms with Gasteiger partial charge in [-0.3, -0.25) is 9.59 Å². The fourth-order valence-electron chi connectivity index (χ4n) is 8.43. The number of rotatable bonds is 9. The Labute approximate surface area is 259 Å². The van der Waals surface area contributed by atoms with E-state index in [1.165, 1.54) is 63.1 Å². The lowest BCUT2D eigenvalue weighted by Crippen LogP contribution is -2.75. The number of aromatic nitrogens is 2. The molecule has 4 aliphatic heterocycles. The van der Waals surface area contributed by atoms with Crippen LogP contribution < -0.4 is 15.0 Å². The summed E-state index contributed by atoms with van der Waals surface area (Å²) in [4.78, 5) is 41.7. The molecule has 4 atom stereocenters. The molecule has 5 heterocycles. The van der Waals surface area contributed by atoms with Gasteiger partial charge in [-0.05, 0) is 89.3 Å². The average molecular weight is 605 g/mol. The number of benzene rings is 1. The van der Waals surface area contributed by atoms with Gasteiger partial charge in [-0.15, -0.1) is 0 Å². The number of ether oxygens (including phenoxy) is 1. The number of nitrogens with one attached hydrogen (secondary N) is 1. The largest absolute Gasteiger partial charge is 0.451 e. The van der Waals surface area contributed by atoms with Gasteiger partial charge in [0, 0.05) is 49.7 Å². The van der Waals surface area contributed by atoms with Gasteiger partial charge in [-0.2, -0.15) is 0 Å². The highest BCUT2D eigenvalue weighted by molar-refractivity contribution is 5.97. The van der Waals surface area contributed by atoms with Crippen LogP contribution in [0, 0.1) is 29.0 Å². The fraction of sp³-hybridized carbons (Fsp3) is 0.647. The second kappa shape index (κ2) is 11.3. The van der Waals surface area contributed by atoms with E-state index in [1.807, 2.05) is 27.7 Å². The van der Waals surface area contributed by atoms with Crippen molar-refractivity contribution in [2.45, 2.75) is 90.4 Å². The molecule has 1 spiro atoms. The molecule has 2 amide bonds. The van der Waals surface area contributed by atoms with Crippen molar-refractivity contribution in [1.82, 2.24) is 25.1 Å². The molecule has 6 fully saturated rings. The summed E-state index contributed by atoms with van der Waals surface area (Å²) < 4.78 is 20.6. The summed E-state index contributed by atoms with van der Waals surface area (Å²) in [6.45, 7) is 10.8. The number of halogens is 1. The van der Waals surface area contributed by atoms with Crippen molar-refractivity contribution in [3.63, 3.8) is 0 Å². The van der Waals surface area contributed by atoms with Crippen LogP contribution in [0.4, 0.5) is 10.2 Å². The zero-order valence-corrected chi connectivity index (χ0v) is 26.3. The molecule has 2 aromatic rings. The van der Waals surface area contributed by atoms with Crippen LogP contribution >= 0.6 is 0 Å². The molecule has 4 saturated heterocycles. The van der Waals surface area contributed by atoms with Gasteiger partial charge in [0.05, 0.1) is 17.8 Å². The highest BCUT2D eigenvalue weighted by atomic mass is 19.1. The number of likely N-dealkylation sites (tertiary alicyclic amines) is 1. The quantitative estimate of drug-likeness (QED) is 0.437. The molecule has 8 rings (SSSR count). The summed E-state index contributed by atoms with van der Waals surface area (Å²) in [7, 11) is 0. The first kappa shape index (κ1) is 29.4. The van der Waals surface area contributed by atoms with Crippen LogP contribution in [0.15, 0.2) is 30.7 Å². The van der Waals surface area contributed by atoms with E-state index in [0.29, 0.717) is 23.5 Å². The number of hydrogen-bond donors (Lipinski definition) is 1. The van der Waals surface area contributed by atoms with E-state index in [1.54, 1.807) is 11.1 Å². The van der Waals surface area contributed by atoms with Gasteiger partial charge in [-0.25, -0.2) is 14.4 Å². The Kier molecular flexibility index (Phi) is 7.54. The van der Waals surface area contributed by atoms with E-state index in [9.17, 15) is 14.0 Å². The Balaban J connectivity index is 0.989. The maximum Gasteiger partial charge on any atom is 0.258 e. The average Bonchev–Trinajstić information content (AvgIpc) is 3.77. The molecule has 236 valence electrons. The number of carbonyl (C=O) groups excluding carboxylic acids is 2. The molecule has 2 bridgehead atoms. The van der Waals surface area contributed by atoms with Crippen LogP contribution in [0.5, 0.6) is 11.5 Å². The summed E-state index contributed by atoms with van der Waals surface area (Å²) in [5.41, 5.74) is 0.228. The third kappa shape index (κ3) is 5.43. The van der Waals surface area contributed by atoms with Gasteiger partial charge in [0.2, 0.25) is 5.91 Å². The van der Waals surface area contributed by atoms with E-state index in [0.717, 1.165) is 38.0 Å². The topological polar surface area (TPSA) is 90.9 Å². The third-order valence-electron chi connectivity index (χ3n) is 10.6. The van der Waals surface area contributed by atoms with Crippen LogP contribution in [-0.2, 0) is 4.79 Å². The Hall–Kier alpha value is -3.27. The minimum absolute atomic E-state index is 0.0190. The number of carbonyl (C=O) groups is 2. The Morgan fingerprint density at radius 2 is 1.82 bits per heavy atom. The Morgan fingerprint density at radius 1 is 1.07 bits per heavy atom. The van der Waals surface area contributed by atoms with Gasteiger partial charge in [0.15, 0.2) is 11.6 Å². The highest BCUT2D eigenvalue weighted by Gasteiger charge is 2.56. The molecule has 0 unspecified atom stereocenters. The number of nitrogens with zero attached hydrogens (tertiary/aromatic N) is 5. The fourth-order valence-corrected chi connectivity index (χ4v) is 8.43. The molecule has 1 aromatic carbocycles. The lowest BCUT2D eigenvalue weighted by molar-refractivity contribution is -0.152.